The van der Waals surface area contributed by atoms with Crippen molar-refractivity contribution in [1.82, 2.24) is 4.98 Å². The normalized spacial score (nSPS) is 10.8. The SMILES string of the molecule is Brc1ccc(-c2csc(-c3cc(Br)cs3)n2)cc1. The number of thiophene rings is 1. The van der Waals surface area contributed by atoms with Gasteiger partial charge in [0.05, 0.1) is 10.6 Å². The molecule has 5 heteroatoms. The van der Waals surface area contributed by atoms with Gasteiger partial charge in [0, 0.05) is 25.3 Å². The van der Waals surface area contributed by atoms with Gasteiger partial charge in [0.25, 0.3) is 0 Å². The van der Waals surface area contributed by atoms with Crippen LogP contribution in [0, 0.1) is 0 Å². The molecule has 0 N–H and O–H groups in total. The standard InChI is InChI=1S/C13H7Br2NS2/c14-9-3-1-8(2-4-9)11-7-18-13(16-11)12-5-10(15)6-17-12/h1-7H. The molecule has 0 bridgehead atoms. The molecule has 3 rings (SSSR count). The summed E-state index contributed by atoms with van der Waals surface area (Å²) in [7, 11) is 0. The van der Waals surface area contributed by atoms with E-state index in [1.54, 1.807) is 22.7 Å². The number of halogens is 2. The molecule has 0 radical (unpaired) electrons. The molecule has 3 aromatic rings. The maximum absolute atomic E-state index is 4.69. The zero-order chi connectivity index (χ0) is 12.5. The van der Waals surface area contributed by atoms with Gasteiger partial charge in [-0.2, -0.15) is 0 Å². The van der Waals surface area contributed by atoms with E-state index in [0.29, 0.717) is 0 Å². The van der Waals surface area contributed by atoms with Gasteiger partial charge >= 0.3 is 0 Å². The molecular weight excluding hydrogens is 394 g/mol. The molecule has 0 atom stereocenters. The summed E-state index contributed by atoms with van der Waals surface area (Å²) in [5, 5.41) is 5.26. The van der Waals surface area contributed by atoms with Gasteiger partial charge in [0.2, 0.25) is 0 Å². The number of hydrogen-bond donors (Lipinski definition) is 0. The van der Waals surface area contributed by atoms with Crippen LogP contribution in [0.3, 0.4) is 0 Å². The second-order valence-corrected chi connectivity index (χ2v) is 7.27. The van der Waals surface area contributed by atoms with Crippen LogP contribution in [0.1, 0.15) is 0 Å². The number of benzene rings is 1. The molecule has 2 aromatic heterocycles. The minimum absolute atomic E-state index is 1.03. The van der Waals surface area contributed by atoms with E-state index < -0.39 is 0 Å². The quantitative estimate of drug-likeness (QED) is 0.509. The predicted octanol–water partition coefficient (Wildman–Crippen LogP) is 6.06. The number of hydrogen-bond acceptors (Lipinski definition) is 3. The first kappa shape index (κ1) is 12.5. The third kappa shape index (κ3) is 2.59. The second-order valence-electron chi connectivity index (χ2n) is 3.67. The van der Waals surface area contributed by atoms with Crippen LogP contribution in [0.2, 0.25) is 0 Å². The van der Waals surface area contributed by atoms with Crippen molar-refractivity contribution in [2.75, 3.05) is 0 Å². The summed E-state index contributed by atoms with van der Waals surface area (Å²) in [4.78, 5) is 5.89. The average molecular weight is 401 g/mol. The Labute approximate surface area is 130 Å². The Kier molecular flexibility index (Phi) is 3.66. The van der Waals surface area contributed by atoms with Gasteiger partial charge in [0.15, 0.2) is 0 Å². The van der Waals surface area contributed by atoms with Gasteiger partial charge in [-0.25, -0.2) is 4.98 Å². The summed E-state index contributed by atoms with van der Waals surface area (Å²) >= 11 is 10.3. The van der Waals surface area contributed by atoms with E-state index in [-0.39, 0.29) is 0 Å². The third-order valence-electron chi connectivity index (χ3n) is 2.42. The van der Waals surface area contributed by atoms with Crippen LogP contribution < -0.4 is 0 Å². The van der Waals surface area contributed by atoms with Crippen LogP contribution in [0.15, 0.2) is 50.0 Å². The molecule has 1 nitrogen and oxygen atoms in total. The van der Waals surface area contributed by atoms with Crippen LogP contribution >= 0.6 is 54.5 Å². The molecule has 0 saturated heterocycles. The lowest BCUT2D eigenvalue weighted by molar-refractivity contribution is 1.41. The lowest BCUT2D eigenvalue weighted by Crippen LogP contribution is -1.77. The summed E-state index contributed by atoms with van der Waals surface area (Å²) in [5.41, 5.74) is 2.18. The summed E-state index contributed by atoms with van der Waals surface area (Å²) in [5.74, 6) is 0. The monoisotopic (exact) mass is 399 g/mol. The van der Waals surface area contributed by atoms with E-state index in [1.165, 1.54) is 4.88 Å². The molecule has 0 saturated carbocycles. The van der Waals surface area contributed by atoms with Gasteiger partial charge in [-0.15, -0.1) is 22.7 Å². The van der Waals surface area contributed by atoms with Crippen molar-refractivity contribution in [3.05, 3.63) is 50.0 Å². The Morgan fingerprint density at radius 3 is 2.33 bits per heavy atom. The van der Waals surface area contributed by atoms with Gasteiger partial charge in [-0.3, -0.25) is 0 Å². The molecule has 18 heavy (non-hydrogen) atoms. The maximum atomic E-state index is 4.69. The largest absolute Gasteiger partial charge is 0.235 e. The maximum Gasteiger partial charge on any atom is 0.134 e. The van der Waals surface area contributed by atoms with Gasteiger partial charge < -0.3 is 0 Å². The molecule has 0 fully saturated rings. The van der Waals surface area contributed by atoms with Crippen LogP contribution in [0.5, 0.6) is 0 Å². The second kappa shape index (κ2) is 5.25. The minimum atomic E-state index is 1.03. The van der Waals surface area contributed by atoms with Crippen molar-refractivity contribution in [1.29, 1.82) is 0 Å². The van der Waals surface area contributed by atoms with Crippen molar-refractivity contribution < 1.29 is 0 Å². The highest BCUT2D eigenvalue weighted by Gasteiger charge is 2.08. The molecular formula is C13H7Br2NS2. The number of thiazole rings is 1. The molecule has 0 spiro atoms. The van der Waals surface area contributed by atoms with E-state index in [9.17, 15) is 0 Å². The summed E-state index contributed by atoms with van der Waals surface area (Å²) < 4.78 is 2.20. The first-order valence-corrected chi connectivity index (χ1v) is 8.53. The summed E-state index contributed by atoms with van der Waals surface area (Å²) in [6.07, 6.45) is 0. The lowest BCUT2D eigenvalue weighted by Gasteiger charge is -1.96. The first-order chi connectivity index (χ1) is 8.72. The lowest BCUT2D eigenvalue weighted by atomic mass is 10.2. The Bertz CT molecular complexity index is 670. The van der Waals surface area contributed by atoms with Crippen LogP contribution in [0.4, 0.5) is 0 Å². The molecule has 0 amide bonds. The molecule has 2 heterocycles. The number of rotatable bonds is 2. The predicted molar refractivity (Wildman–Crippen MR) is 86.3 cm³/mol. The van der Waals surface area contributed by atoms with Gasteiger partial charge in [-0.1, -0.05) is 28.1 Å². The zero-order valence-electron chi connectivity index (χ0n) is 9.06. The van der Waals surface area contributed by atoms with E-state index in [4.69, 9.17) is 0 Å². The molecule has 1 aromatic carbocycles. The van der Waals surface area contributed by atoms with Gasteiger partial charge in [-0.05, 0) is 34.1 Å². The van der Waals surface area contributed by atoms with E-state index >= 15 is 0 Å². The van der Waals surface area contributed by atoms with Crippen molar-refractivity contribution >= 4 is 54.5 Å². The average Bonchev–Trinajstić information content (AvgIpc) is 2.98. The zero-order valence-corrected chi connectivity index (χ0v) is 13.9. The highest BCUT2D eigenvalue weighted by molar-refractivity contribution is 9.10. The van der Waals surface area contributed by atoms with E-state index in [0.717, 1.165) is 25.2 Å². The summed E-state index contributed by atoms with van der Waals surface area (Å²) in [6, 6.07) is 10.3. The summed E-state index contributed by atoms with van der Waals surface area (Å²) in [6.45, 7) is 0. The van der Waals surface area contributed by atoms with Crippen LogP contribution in [0.25, 0.3) is 21.1 Å². The van der Waals surface area contributed by atoms with Gasteiger partial charge in [0.1, 0.15) is 5.01 Å². The third-order valence-corrected chi connectivity index (χ3v) is 5.65. The van der Waals surface area contributed by atoms with Crippen LogP contribution in [-0.2, 0) is 0 Å². The molecule has 0 aliphatic rings. The molecule has 0 unspecified atom stereocenters. The topological polar surface area (TPSA) is 12.9 Å². The van der Waals surface area contributed by atoms with Crippen molar-refractivity contribution in [3.63, 3.8) is 0 Å². The fraction of sp³-hybridized carbons (Fsp3) is 0. The highest BCUT2D eigenvalue weighted by Crippen LogP contribution is 2.34. The fourth-order valence-corrected chi connectivity index (χ4v) is 4.17. The van der Waals surface area contributed by atoms with Crippen molar-refractivity contribution in [3.8, 4) is 21.1 Å². The number of nitrogens with zero attached hydrogens (tertiary/aromatic N) is 1. The molecule has 90 valence electrons. The highest BCUT2D eigenvalue weighted by atomic mass is 79.9. The molecule has 0 aliphatic heterocycles. The number of aromatic nitrogens is 1. The fourth-order valence-electron chi connectivity index (χ4n) is 1.57. The van der Waals surface area contributed by atoms with E-state index in [2.05, 4.69) is 65.8 Å². The Hall–Kier alpha value is -0.490. The first-order valence-electron chi connectivity index (χ1n) is 5.18. The Balaban J connectivity index is 1.96. The molecule has 0 aliphatic carbocycles. The Morgan fingerprint density at radius 1 is 0.889 bits per heavy atom. The van der Waals surface area contributed by atoms with E-state index in [1.807, 2.05) is 12.1 Å². The smallest absolute Gasteiger partial charge is 0.134 e. The van der Waals surface area contributed by atoms with Crippen molar-refractivity contribution in [2.45, 2.75) is 0 Å². The minimum Gasteiger partial charge on any atom is -0.235 e. The van der Waals surface area contributed by atoms with Crippen molar-refractivity contribution in [2.24, 2.45) is 0 Å². The van der Waals surface area contributed by atoms with Crippen LogP contribution in [-0.4, -0.2) is 4.98 Å². The Morgan fingerprint density at radius 2 is 1.67 bits per heavy atom.